The molecule has 0 bridgehead atoms. The molecule has 1 aromatic rings. The zero-order valence-electron chi connectivity index (χ0n) is 9.19. The summed E-state index contributed by atoms with van der Waals surface area (Å²) in [6.07, 6.45) is 1.05. The second-order valence-corrected chi connectivity index (χ2v) is 3.60. The van der Waals surface area contributed by atoms with Crippen molar-refractivity contribution in [3.63, 3.8) is 0 Å². The molecule has 2 N–H and O–H groups in total. The van der Waals surface area contributed by atoms with Crippen molar-refractivity contribution in [2.75, 3.05) is 0 Å². The summed E-state index contributed by atoms with van der Waals surface area (Å²) in [6.45, 7) is 3.93. The molecule has 0 spiro atoms. The number of carbonyl (C=O) groups excluding carboxylic acids is 1. The number of nitrogens with two attached hydrogens (primary N) is 1. The molecule has 0 aliphatic carbocycles. The third-order valence-electron chi connectivity index (χ3n) is 2.13. The smallest absolute Gasteiger partial charge is 0.221 e. The number of primary amides is 1. The molecule has 1 rings (SSSR count). The van der Waals surface area contributed by atoms with Crippen LogP contribution in [-0.4, -0.2) is 12.0 Å². The van der Waals surface area contributed by atoms with E-state index in [9.17, 15) is 4.79 Å². The van der Waals surface area contributed by atoms with Gasteiger partial charge in [-0.1, -0.05) is 19.1 Å². The number of rotatable bonds is 5. The molecule has 0 saturated carbocycles. The first-order valence-corrected chi connectivity index (χ1v) is 5.15. The van der Waals surface area contributed by atoms with Crippen LogP contribution in [0.1, 0.15) is 25.8 Å². The Hall–Kier alpha value is -1.51. The van der Waals surface area contributed by atoms with E-state index in [1.165, 1.54) is 5.56 Å². The van der Waals surface area contributed by atoms with Crippen molar-refractivity contribution < 1.29 is 9.53 Å². The van der Waals surface area contributed by atoms with Crippen LogP contribution in [0.3, 0.4) is 0 Å². The van der Waals surface area contributed by atoms with Crippen LogP contribution in [-0.2, 0) is 11.2 Å². The summed E-state index contributed by atoms with van der Waals surface area (Å²) < 4.78 is 5.57. The Morgan fingerprint density at radius 1 is 1.53 bits per heavy atom. The van der Waals surface area contributed by atoms with Gasteiger partial charge in [0.25, 0.3) is 0 Å². The number of amides is 1. The third-order valence-corrected chi connectivity index (χ3v) is 2.13. The molecule has 0 saturated heterocycles. The van der Waals surface area contributed by atoms with Crippen LogP contribution >= 0.6 is 0 Å². The normalized spacial score (nSPS) is 12.1. The number of hydrogen-bond acceptors (Lipinski definition) is 2. The monoisotopic (exact) mass is 207 g/mol. The maximum Gasteiger partial charge on any atom is 0.221 e. The third kappa shape index (κ3) is 4.02. The van der Waals surface area contributed by atoms with Gasteiger partial charge in [-0.2, -0.15) is 0 Å². The fourth-order valence-corrected chi connectivity index (χ4v) is 1.40. The van der Waals surface area contributed by atoms with Gasteiger partial charge < -0.3 is 10.5 Å². The average Bonchev–Trinajstić information content (AvgIpc) is 2.16. The Labute approximate surface area is 90.2 Å². The summed E-state index contributed by atoms with van der Waals surface area (Å²) in [5, 5.41) is 0. The number of aryl methyl sites for hydroxylation is 1. The van der Waals surface area contributed by atoms with E-state index in [1.807, 2.05) is 31.2 Å². The summed E-state index contributed by atoms with van der Waals surface area (Å²) in [6, 6.07) is 7.87. The molecule has 1 atom stereocenters. The van der Waals surface area contributed by atoms with Gasteiger partial charge in [0.15, 0.2) is 0 Å². The molecule has 0 aliphatic heterocycles. The van der Waals surface area contributed by atoms with Gasteiger partial charge >= 0.3 is 0 Å². The SMILES string of the molecule is CCc1cccc(OC(C)CC(N)=O)c1. The highest BCUT2D eigenvalue weighted by Crippen LogP contribution is 2.15. The highest BCUT2D eigenvalue weighted by Gasteiger charge is 2.07. The molecule has 82 valence electrons. The lowest BCUT2D eigenvalue weighted by Crippen LogP contribution is -2.22. The van der Waals surface area contributed by atoms with Crippen molar-refractivity contribution in [2.45, 2.75) is 32.8 Å². The minimum atomic E-state index is -0.339. The molecule has 1 aromatic carbocycles. The Morgan fingerprint density at radius 2 is 2.27 bits per heavy atom. The lowest BCUT2D eigenvalue weighted by Gasteiger charge is -2.13. The summed E-state index contributed by atoms with van der Waals surface area (Å²) in [7, 11) is 0. The summed E-state index contributed by atoms with van der Waals surface area (Å²) in [5.74, 6) is 0.456. The van der Waals surface area contributed by atoms with E-state index in [-0.39, 0.29) is 18.4 Å². The summed E-state index contributed by atoms with van der Waals surface area (Å²) in [5.41, 5.74) is 6.31. The number of carbonyl (C=O) groups is 1. The average molecular weight is 207 g/mol. The predicted molar refractivity (Wildman–Crippen MR) is 59.7 cm³/mol. The first-order chi connectivity index (χ1) is 7.11. The van der Waals surface area contributed by atoms with Crippen molar-refractivity contribution in [3.05, 3.63) is 29.8 Å². The first kappa shape index (κ1) is 11.6. The number of hydrogen-bond donors (Lipinski definition) is 1. The maximum atomic E-state index is 10.7. The van der Waals surface area contributed by atoms with Gasteiger partial charge in [0, 0.05) is 0 Å². The van der Waals surface area contributed by atoms with Crippen LogP contribution < -0.4 is 10.5 Å². The second kappa shape index (κ2) is 5.39. The molecule has 3 heteroatoms. The molecule has 1 amide bonds. The fraction of sp³-hybridized carbons (Fsp3) is 0.417. The predicted octanol–water partition coefficient (Wildman–Crippen LogP) is 1.89. The zero-order chi connectivity index (χ0) is 11.3. The van der Waals surface area contributed by atoms with Crippen molar-refractivity contribution in [2.24, 2.45) is 5.73 Å². The second-order valence-electron chi connectivity index (χ2n) is 3.60. The lowest BCUT2D eigenvalue weighted by molar-refractivity contribution is -0.119. The molecule has 0 aliphatic rings. The molecular formula is C12H17NO2. The minimum Gasteiger partial charge on any atom is -0.490 e. The molecule has 1 unspecified atom stereocenters. The topological polar surface area (TPSA) is 52.3 Å². The Morgan fingerprint density at radius 3 is 2.87 bits per heavy atom. The maximum absolute atomic E-state index is 10.7. The molecule has 15 heavy (non-hydrogen) atoms. The highest BCUT2D eigenvalue weighted by atomic mass is 16.5. The molecule has 0 radical (unpaired) electrons. The van der Waals surface area contributed by atoms with Gasteiger partial charge in [0.2, 0.25) is 5.91 Å². The Kier molecular flexibility index (Phi) is 4.16. The van der Waals surface area contributed by atoms with Crippen LogP contribution in [0.4, 0.5) is 0 Å². The number of ether oxygens (including phenoxy) is 1. The van der Waals surface area contributed by atoms with Gasteiger partial charge in [0.1, 0.15) is 11.9 Å². The molecule has 0 heterocycles. The Balaban J connectivity index is 2.59. The van der Waals surface area contributed by atoms with Crippen LogP contribution in [0, 0.1) is 0 Å². The van der Waals surface area contributed by atoms with E-state index in [4.69, 9.17) is 10.5 Å². The van der Waals surface area contributed by atoms with Gasteiger partial charge in [-0.25, -0.2) is 0 Å². The number of benzene rings is 1. The van der Waals surface area contributed by atoms with Crippen LogP contribution in [0.15, 0.2) is 24.3 Å². The first-order valence-electron chi connectivity index (χ1n) is 5.15. The summed E-state index contributed by atoms with van der Waals surface area (Å²) in [4.78, 5) is 10.7. The molecular weight excluding hydrogens is 190 g/mol. The van der Waals surface area contributed by atoms with Crippen molar-refractivity contribution in [1.29, 1.82) is 0 Å². The highest BCUT2D eigenvalue weighted by molar-refractivity contribution is 5.74. The fourth-order valence-electron chi connectivity index (χ4n) is 1.40. The van der Waals surface area contributed by atoms with E-state index in [1.54, 1.807) is 0 Å². The molecule has 0 fully saturated rings. The standard InChI is InChI=1S/C12H17NO2/c1-3-10-5-4-6-11(8-10)15-9(2)7-12(13)14/h4-6,8-9H,3,7H2,1-2H3,(H2,13,14). The van der Waals surface area contributed by atoms with Gasteiger partial charge in [-0.05, 0) is 31.0 Å². The quantitative estimate of drug-likeness (QED) is 0.801. The van der Waals surface area contributed by atoms with Gasteiger partial charge in [-0.15, -0.1) is 0 Å². The van der Waals surface area contributed by atoms with Gasteiger partial charge in [-0.3, -0.25) is 4.79 Å². The molecule has 0 aromatic heterocycles. The molecule has 3 nitrogen and oxygen atoms in total. The Bertz CT molecular complexity index is 336. The van der Waals surface area contributed by atoms with Crippen LogP contribution in [0.2, 0.25) is 0 Å². The van der Waals surface area contributed by atoms with E-state index in [2.05, 4.69) is 6.92 Å². The zero-order valence-corrected chi connectivity index (χ0v) is 9.19. The minimum absolute atomic E-state index is 0.172. The van der Waals surface area contributed by atoms with Crippen molar-refractivity contribution in [3.8, 4) is 5.75 Å². The van der Waals surface area contributed by atoms with Crippen molar-refractivity contribution in [1.82, 2.24) is 0 Å². The lowest BCUT2D eigenvalue weighted by atomic mass is 10.1. The van der Waals surface area contributed by atoms with Crippen LogP contribution in [0.5, 0.6) is 5.75 Å². The van der Waals surface area contributed by atoms with Crippen molar-refractivity contribution >= 4 is 5.91 Å². The van der Waals surface area contributed by atoms with Gasteiger partial charge in [0.05, 0.1) is 6.42 Å². The van der Waals surface area contributed by atoms with Crippen LogP contribution in [0.25, 0.3) is 0 Å². The van der Waals surface area contributed by atoms with E-state index >= 15 is 0 Å². The van der Waals surface area contributed by atoms with E-state index < -0.39 is 0 Å². The largest absolute Gasteiger partial charge is 0.490 e. The van der Waals surface area contributed by atoms with E-state index in [0.717, 1.165) is 12.2 Å². The van der Waals surface area contributed by atoms with E-state index in [0.29, 0.717) is 0 Å². The summed E-state index contributed by atoms with van der Waals surface area (Å²) >= 11 is 0.